The van der Waals surface area contributed by atoms with Crippen molar-refractivity contribution in [2.24, 2.45) is 0 Å². The first-order chi connectivity index (χ1) is 31.0. The predicted molar refractivity (Wildman–Crippen MR) is 269 cm³/mol. The molecule has 354 valence electrons. The molecular weight excluding hydrogens is 781 g/mol. The molecule has 0 spiro atoms. The van der Waals surface area contributed by atoms with Crippen LogP contribution in [0.4, 0.5) is 0 Å². The summed E-state index contributed by atoms with van der Waals surface area (Å²) in [6, 6.07) is 0. The zero-order valence-electron chi connectivity index (χ0n) is 40.3. The summed E-state index contributed by atoms with van der Waals surface area (Å²) in [6.07, 6.45) is 69.2. The summed E-state index contributed by atoms with van der Waals surface area (Å²) in [7, 11) is 0. The van der Waals surface area contributed by atoms with Crippen LogP contribution in [0.3, 0.4) is 0 Å². The Bertz CT molecular complexity index is 1370. The van der Waals surface area contributed by atoms with Crippen LogP contribution in [0.15, 0.2) is 122 Å². The minimum absolute atomic E-state index is 0.104. The zero-order valence-corrected chi connectivity index (χ0v) is 40.3. The lowest BCUT2D eigenvalue weighted by Gasteiger charge is -2.18. The number of carbonyl (C=O) groups is 3. The first-order valence-electron chi connectivity index (χ1n) is 25.0. The molecule has 0 aromatic rings. The third-order valence-corrected chi connectivity index (χ3v) is 9.96. The molecular formula is C57H90O6. The summed E-state index contributed by atoms with van der Waals surface area (Å²) in [6.45, 7) is 6.28. The van der Waals surface area contributed by atoms with Gasteiger partial charge in [0.15, 0.2) is 6.10 Å². The fourth-order valence-electron chi connectivity index (χ4n) is 6.26. The Hall–Kier alpha value is -4.19. The maximum absolute atomic E-state index is 12.7. The Morgan fingerprint density at radius 1 is 0.333 bits per heavy atom. The molecule has 0 amide bonds. The average molecular weight is 871 g/mol. The number of carbonyl (C=O) groups excluding carboxylic acids is 3. The van der Waals surface area contributed by atoms with Gasteiger partial charge in [-0.05, 0) is 109 Å². The highest BCUT2D eigenvalue weighted by Crippen LogP contribution is 2.12. The molecule has 0 aromatic carbocycles. The molecule has 0 heterocycles. The lowest BCUT2D eigenvalue weighted by molar-refractivity contribution is -0.167. The minimum Gasteiger partial charge on any atom is -0.462 e. The number of esters is 3. The second kappa shape index (κ2) is 50.5. The van der Waals surface area contributed by atoms with Crippen LogP contribution in [0.1, 0.15) is 201 Å². The lowest BCUT2D eigenvalue weighted by Crippen LogP contribution is -2.30. The van der Waals surface area contributed by atoms with E-state index < -0.39 is 6.10 Å². The molecule has 0 radical (unpaired) electrons. The predicted octanol–water partition coefficient (Wildman–Crippen LogP) is 16.5. The molecule has 0 saturated heterocycles. The van der Waals surface area contributed by atoms with E-state index in [0.717, 1.165) is 135 Å². The fraction of sp³-hybridized carbons (Fsp3) is 0.596. The highest BCUT2D eigenvalue weighted by Gasteiger charge is 2.19. The van der Waals surface area contributed by atoms with E-state index in [1.54, 1.807) is 0 Å². The van der Waals surface area contributed by atoms with E-state index in [9.17, 15) is 14.4 Å². The molecule has 0 fully saturated rings. The van der Waals surface area contributed by atoms with Gasteiger partial charge in [-0.2, -0.15) is 0 Å². The highest BCUT2D eigenvalue weighted by molar-refractivity contribution is 5.71. The van der Waals surface area contributed by atoms with E-state index in [-0.39, 0.29) is 37.5 Å². The second-order valence-electron chi connectivity index (χ2n) is 16.0. The third kappa shape index (κ3) is 48.7. The molecule has 63 heavy (non-hydrogen) atoms. The van der Waals surface area contributed by atoms with Crippen molar-refractivity contribution in [3.63, 3.8) is 0 Å². The summed E-state index contributed by atoms with van der Waals surface area (Å²) in [5.41, 5.74) is 0. The summed E-state index contributed by atoms with van der Waals surface area (Å²) in [4.78, 5) is 37.7. The third-order valence-electron chi connectivity index (χ3n) is 9.96. The van der Waals surface area contributed by atoms with Gasteiger partial charge in [0.05, 0.1) is 0 Å². The molecule has 1 unspecified atom stereocenters. The normalized spacial score (nSPS) is 13.1. The van der Waals surface area contributed by atoms with Crippen LogP contribution < -0.4 is 0 Å². The van der Waals surface area contributed by atoms with Crippen LogP contribution in [0.25, 0.3) is 0 Å². The van der Waals surface area contributed by atoms with E-state index in [2.05, 4.69) is 142 Å². The molecule has 1 atom stereocenters. The van der Waals surface area contributed by atoms with Gasteiger partial charge >= 0.3 is 17.9 Å². The van der Waals surface area contributed by atoms with E-state index in [0.29, 0.717) is 12.8 Å². The quantitative estimate of drug-likeness (QED) is 0.0263. The molecule has 0 N–H and O–H groups in total. The number of hydrogen-bond donors (Lipinski definition) is 0. The van der Waals surface area contributed by atoms with Gasteiger partial charge in [-0.3, -0.25) is 14.4 Å². The molecule has 0 aliphatic carbocycles. The van der Waals surface area contributed by atoms with Crippen LogP contribution in [-0.4, -0.2) is 37.2 Å². The Morgan fingerprint density at radius 2 is 0.619 bits per heavy atom. The average Bonchev–Trinajstić information content (AvgIpc) is 3.28. The van der Waals surface area contributed by atoms with Crippen molar-refractivity contribution in [2.75, 3.05) is 13.2 Å². The Kier molecular flexibility index (Phi) is 47.1. The molecule has 0 rings (SSSR count). The Balaban J connectivity index is 4.35. The molecule has 0 bridgehead atoms. The van der Waals surface area contributed by atoms with Gasteiger partial charge in [-0.25, -0.2) is 0 Å². The zero-order chi connectivity index (χ0) is 45.8. The van der Waals surface area contributed by atoms with E-state index in [1.165, 1.54) is 25.7 Å². The van der Waals surface area contributed by atoms with Gasteiger partial charge in [0.1, 0.15) is 13.2 Å². The van der Waals surface area contributed by atoms with Crippen molar-refractivity contribution in [3.05, 3.63) is 122 Å². The lowest BCUT2D eigenvalue weighted by atomic mass is 10.1. The monoisotopic (exact) mass is 871 g/mol. The fourth-order valence-corrected chi connectivity index (χ4v) is 6.26. The number of hydrogen-bond acceptors (Lipinski definition) is 6. The standard InChI is InChI=1S/C57H90O6/c1-4-7-10-13-16-18-20-22-23-24-25-26-27-28-29-30-31-32-33-35-36-38-41-44-47-50-56(59)62-53-54(52-61-55(58)49-46-43-40-15-12-9-6-3)63-57(60)51-48-45-42-39-37-34-21-19-17-14-11-8-5-2/h7-8,10-11,16-19,22-23,25-26,28-29,31-32,34-37,54H,4-6,9,12-15,20-21,24,27,30,33,38-53H2,1-3H3/b10-7-,11-8-,18-16-,19-17-,23-22-,26-25-,29-28-,32-31-,36-35-,37-34-. The van der Waals surface area contributed by atoms with Crippen LogP contribution in [-0.2, 0) is 28.6 Å². The molecule has 0 aliphatic heterocycles. The van der Waals surface area contributed by atoms with Crippen LogP contribution in [0, 0.1) is 0 Å². The number of allylic oxidation sites excluding steroid dienone is 20. The maximum Gasteiger partial charge on any atom is 0.306 e. The largest absolute Gasteiger partial charge is 0.462 e. The smallest absolute Gasteiger partial charge is 0.306 e. The van der Waals surface area contributed by atoms with Crippen molar-refractivity contribution < 1.29 is 28.6 Å². The summed E-state index contributed by atoms with van der Waals surface area (Å²) in [5.74, 6) is -0.986. The van der Waals surface area contributed by atoms with Gasteiger partial charge < -0.3 is 14.2 Å². The van der Waals surface area contributed by atoms with Crippen LogP contribution in [0.5, 0.6) is 0 Å². The van der Waals surface area contributed by atoms with Crippen molar-refractivity contribution in [1.29, 1.82) is 0 Å². The summed E-state index contributed by atoms with van der Waals surface area (Å²) in [5, 5.41) is 0. The Labute approximate surface area is 386 Å². The number of unbranched alkanes of at least 4 members (excludes halogenated alkanes) is 12. The van der Waals surface area contributed by atoms with E-state index in [1.807, 2.05) is 0 Å². The first kappa shape index (κ1) is 58.8. The van der Waals surface area contributed by atoms with Gasteiger partial charge in [0.25, 0.3) is 0 Å². The molecule has 6 nitrogen and oxygen atoms in total. The van der Waals surface area contributed by atoms with Crippen molar-refractivity contribution in [2.45, 2.75) is 207 Å². The van der Waals surface area contributed by atoms with Gasteiger partial charge in [0, 0.05) is 19.3 Å². The topological polar surface area (TPSA) is 78.9 Å². The maximum atomic E-state index is 12.7. The minimum atomic E-state index is -0.806. The van der Waals surface area contributed by atoms with E-state index >= 15 is 0 Å². The Morgan fingerprint density at radius 3 is 0.968 bits per heavy atom. The molecule has 0 aromatic heterocycles. The van der Waals surface area contributed by atoms with Crippen molar-refractivity contribution >= 4 is 17.9 Å². The van der Waals surface area contributed by atoms with E-state index in [4.69, 9.17) is 14.2 Å². The van der Waals surface area contributed by atoms with Crippen LogP contribution >= 0.6 is 0 Å². The van der Waals surface area contributed by atoms with Gasteiger partial charge in [-0.15, -0.1) is 0 Å². The summed E-state index contributed by atoms with van der Waals surface area (Å²) < 4.78 is 16.6. The number of ether oxygens (including phenoxy) is 3. The highest BCUT2D eigenvalue weighted by atomic mass is 16.6. The molecule has 0 saturated carbocycles. The SMILES string of the molecule is CC/C=C\C/C=C\C/C=C\C/C=C\C/C=C\C/C=C\C/C=C\CCCCCC(=O)OCC(COC(=O)CCCCCCCCC)OC(=O)CCCCC/C=C\C/C=C\C/C=C\CC. The second-order valence-corrected chi connectivity index (χ2v) is 16.0. The summed E-state index contributed by atoms with van der Waals surface area (Å²) >= 11 is 0. The van der Waals surface area contributed by atoms with Crippen molar-refractivity contribution in [1.82, 2.24) is 0 Å². The van der Waals surface area contributed by atoms with Crippen molar-refractivity contribution in [3.8, 4) is 0 Å². The molecule has 6 heteroatoms. The molecule has 0 aliphatic rings. The van der Waals surface area contributed by atoms with Gasteiger partial charge in [-0.1, -0.05) is 194 Å². The van der Waals surface area contributed by atoms with Gasteiger partial charge in [0.2, 0.25) is 0 Å². The van der Waals surface area contributed by atoms with Crippen LogP contribution in [0.2, 0.25) is 0 Å². The number of rotatable bonds is 43. The first-order valence-corrected chi connectivity index (χ1v) is 25.0.